The number of nitrogens with zero attached hydrogens (tertiary/aromatic N) is 3. The molecule has 1 aliphatic rings. The third-order valence-corrected chi connectivity index (χ3v) is 7.08. The Morgan fingerprint density at radius 3 is 2.70 bits per heavy atom. The monoisotopic (exact) mass is 440 g/mol. The number of rotatable bonds is 7. The number of thioether (sulfide) groups is 1. The van der Waals surface area contributed by atoms with Gasteiger partial charge in [-0.05, 0) is 56.9 Å². The molecule has 0 unspecified atom stereocenters. The Balaban J connectivity index is 1.50. The van der Waals surface area contributed by atoms with Crippen LogP contribution in [-0.4, -0.2) is 41.3 Å². The fourth-order valence-electron chi connectivity index (χ4n) is 3.83. The summed E-state index contributed by atoms with van der Waals surface area (Å²) in [5, 5.41) is 4.93. The van der Waals surface area contributed by atoms with Gasteiger partial charge in [-0.3, -0.25) is 4.79 Å². The number of carbonyl (C=O) groups excluding carboxylic acids is 1. The maximum Gasteiger partial charge on any atom is 0.261 e. The Labute approximate surface area is 186 Å². The molecule has 0 radical (unpaired) electrons. The van der Waals surface area contributed by atoms with Crippen LogP contribution >= 0.6 is 23.1 Å². The molecule has 1 fully saturated rings. The Morgan fingerprint density at radius 2 is 1.97 bits per heavy atom. The molecule has 1 saturated heterocycles. The molecular weight excluding hydrogens is 412 g/mol. The Kier molecular flexibility index (Phi) is 6.89. The van der Waals surface area contributed by atoms with Crippen molar-refractivity contribution in [1.29, 1.82) is 0 Å². The van der Waals surface area contributed by atoms with Gasteiger partial charge in [0.2, 0.25) is 0 Å². The summed E-state index contributed by atoms with van der Waals surface area (Å²) >= 11 is 3.02. The van der Waals surface area contributed by atoms with Crippen LogP contribution in [0.1, 0.15) is 47.8 Å². The zero-order valence-electron chi connectivity index (χ0n) is 17.6. The summed E-state index contributed by atoms with van der Waals surface area (Å²) in [6.07, 6.45) is 7.52. The number of carbonyl (C=O) groups is 1. The van der Waals surface area contributed by atoms with Crippen LogP contribution in [0.3, 0.4) is 0 Å². The highest BCUT2D eigenvalue weighted by atomic mass is 32.2. The number of hydrogen-bond donors (Lipinski definition) is 1. The number of piperidine rings is 1. The summed E-state index contributed by atoms with van der Waals surface area (Å²) in [6.45, 7) is 4.11. The first-order valence-electron chi connectivity index (χ1n) is 10.6. The van der Waals surface area contributed by atoms with Crippen molar-refractivity contribution in [3.05, 3.63) is 46.8 Å². The highest BCUT2D eigenvalue weighted by Crippen LogP contribution is 2.34. The average molecular weight is 441 g/mol. The number of anilines is 1. The normalized spacial score (nSPS) is 15.3. The van der Waals surface area contributed by atoms with Crippen LogP contribution in [0.5, 0.6) is 0 Å². The molecule has 5 nitrogen and oxygen atoms in total. The van der Waals surface area contributed by atoms with Gasteiger partial charge in [0.25, 0.3) is 5.91 Å². The van der Waals surface area contributed by atoms with Crippen LogP contribution in [0.15, 0.2) is 41.6 Å². The van der Waals surface area contributed by atoms with Gasteiger partial charge >= 0.3 is 0 Å². The average Bonchev–Trinajstić information content (AvgIpc) is 3.22. The summed E-state index contributed by atoms with van der Waals surface area (Å²) in [5.74, 6) is 0.963. The first-order valence-corrected chi connectivity index (χ1v) is 12.6. The summed E-state index contributed by atoms with van der Waals surface area (Å²) in [5.41, 5.74) is 1.30. The lowest BCUT2D eigenvalue weighted by Crippen LogP contribution is -2.32. The minimum atomic E-state index is -0.0196. The summed E-state index contributed by atoms with van der Waals surface area (Å²) in [7, 11) is 0. The van der Waals surface area contributed by atoms with Crippen molar-refractivity contribution >= 4 is 45.0 Å². The molecule has 4 rings (SSSR count). The highest BCUT2D eigenvalue weighted by molar-refractivity contribution is 7.98. The smallest absolute Gasteiger partial charge is 0.261 e. The second-order valence-electron chi connectivity index (χ2n) is 7.81. The van der Waals surface area contributed by atoms with E-state index in [1.54, 1.807) is 11.8 Å². The second-order valence-corrected chi connectivity index (χ2v) is 9.61. The van der Waals surface area contributed by atoms with Crippen molar-refractivity contribution in [2.75, 3.05) is 24.2 Å². The molecule has 7 heteroatoms. The van der Waals surface area contributed by atoms with Crippen LogP contribution in [0.4, 0.5) is 5.82 Å². The predicted octanol–water partition coefficient (Wildman–Crippen LogP) is 5.15. The standard InChI is InChI=1S/C23H28N4OS2/c1-16(11-12-17-9-5-3-6-10-17)24-21(28)19-15-18-20(27-13-7-4-8-14-27)25-23(29-2)26-22(18)30-19/h3,5-6,9-10,15-16H,4,7-8,11-14H2,1-2H3,(H,24,28)/t16-/m1/s1. The van der Waals surface area contributed by atoms with Crippen molar-refractivity contribution in [3.63, 3.8) is 0 Å². The van der Waals surface area contributed by atoms with E-state index in [2.05, 4.69) is 46.4 Å². The first-order chi connectivity index (χ1) is 14.6. The number of amides is 1. The molecule has 1 amide bonds. The Bertz CT molecular complexity index is 999. The van der Waals surface area contributed by atoms with Gasteiger partial charge in [0, 0.05) is 19.1 Å². The van der Waals surface area contributed by atoms with Gasteiger partial charge in [0.15, 0.2) is 5.16 Å². The number of fused-ring (bicyclic) bond motifs is 1. The van der Waals surface area contributed by atoms with E-state index in [1.807, 2.05) is 18.4 Å². The molecule has 1 aromatic carbocycles. The van der Waals surface area contributed by atoms with Crippen LogP contribution in [0.2, 0.25) is 0 Å². The molecule has 0 spiro atoms. The van der Waals surface area contributed by atoms with Crippen molar-refractivity contribution in [2.24, 2.45) is 0 Å². The topological polar surface area (TPSA) is 58.1 Å². The summed E-state index contributed by atoms with van der Waals surface area (Å²) in [6, 6.07) is 12.5. The van der Waals surface area contributed by atoms with Gasteiger partial charge in [-0.25, -0.2) is 9.97 Å². The van der Waals surface area contributed by atoms with E-state index in [0.717, 1.165) is 47.1 Å². The fraction of sp³-hybridized carbons (Fsp3) is 0.435. The minimum Gasteiger partial charge on any atom is -0.356 e. The molecule has 3 aromatic rings. The molecule has 30 heavy (non-hydrogen) atoms. The lowest BCUT2D eigenvalue weighted by Gasteiger charge is -2.28. The van der Waals surface area contributed by atoms with Gasteiger partial charge in [0.1, 0.15) is 10.6 Å². The summed E-state index contributed by atoms with van der Waals surface area (Å²) in [4.78, 5) is 26.3. The molecular formula is C23H28N4OS2. The molecule has 0 saturated carbocycles. The van der Waals surface area contributed by atoms with Gasteiger partial charge in [-0.2, -0.15) is 0 Å². The van der Waals surface area contributed by atoms with Crippen LogP contribution < -0.4 is 10.2 Å². The first kappa shape index (κ1) is 21.1. The molecule has 1 N–H and O–H groups in total. The van der Waals surface area contributed by atoms with E-state index >= 15 is 0 Å². The third-order valence-electron chi connectivity index (χ3n) is 5.50. The van der Waals surface area contributed by atoms with Crippen molar-refractivity contribution in [2.45, 2.75) is 50.2 Å². The van der Waals surface area contributed by atoms with Crippen molar-refractivity contribution in [3.8, 4) is 0 Å². The van der Waals surface area contributed by atoms with Crippen molar-refractivity contribution < 1.29 is 4.79 Å². The number of nitrogens with one attached hydrogen (secondary N) is 1. The molecule has 158 valence electrons. The highest BCUT2D eigenvalue weighted by Gasteiger charge is 2.21. The maximum absolute atomic E-state index is 12.9. The number of aromatic nitrogens is 2. The lowest BCUT2D eigenvalue weighted by atomic mass is 10.1. The number of thiophene rings is 1. The number of benzene rings is 1. The molecule has 2 aromatic heterocycles. The summed E-state index contributed by atoms with van der Waals surface area (Å²) < 4.78 is 0. The number of hydrogen-bond acceptors (Lipinski definition) is 6. The van der Waals surface area contributed by atoms with Crippen molar-refractivity contribution in [1.82, 2.24) is 15.3 Å². The van der Waals surface area contributed by atoms with Gasteiger partial charge < -0.3 is 10.2 Å². The largest absolute Gasteiger partial charge is 0.356 e. The number of aryl methyl sites for hydroxylation is 1. The van der Waals surface area contributed by atoms with E-state index in [1.165, 1.54) is 36.2 Å². The predicted molar refractivity (Wildman–Crippen MR) is 127 cm³/mol. The maximum atomic E-state index is 12.9. The minimum absolute atomic E-state index is 0.0196. The molecule has 1 aliphatic heterocycles. The molecule has 3 heterocycles. The fourth-order valence-corrected chi connectivity index (χ4v) is 5.18. The lowest BCUT2D eigenvalue weighted by molar-refractivity contribution is 0.0942. The Hall–Kier alpha value is -2.12. The SMILES string of the molecule is CSc1nc(N2CCCCC2)c2cc(C(=O)N[C@H](C)CCc3ccccc3)sc2n1. The molecule has 1 atom stereocenters. The van der Waals surface area contributed by atoms with Gasteiger partial charge in [0.05, 0.1) is 10.3 Å². The third kappa shape index (κ3) is 4.95. The van der Waals surface area contributed by atoms with E-state index < -0.39 is 0 Å². The quantitative estimate of drug-likeness (QED) is 0.406. The van der Waals surface area contributed by atoms with Crippen LogP contribution in [-0.2, 0) is 6.42 Å². The van der Waals surface area contributed by atoms with Gasteiger partial charge in [-0.1, -0.05) is 42.1 Å². The Morgan fingerprint density at radius 1 is 1.20 bits per heavy atom. The molecule has 0 bridgehead atoms. The zero-order chi connectivity index (χ0) is 20.9. The van der Waals surface area contributed by atoms with Crippen LogP contribution in [0, 0.1) is 0 Å². The van der Waals surface area contributed by atoms with Gasteiger partial charge in [-0.15, -0.1) is 11.3 Å². The second kappa shape index (κ2) is 9.79. The zero-order valence-corrected chi connectivity index (χ0v) is 19.2. The van der Waals surface area contributed by atoms with Crippen LogP contribution in [0.25, 0.3) is 10.2 Å². The van der Waals surface area contributed by atoms with E-state index in [0.29, 0.717) is 4.88 Å². The van der Waals surface area contributed by atoms with E-state index in [-0.39, 0.29) is 11.9 Å². The molecule has 0 aliphatic carbocycles. The van der Waals surface area contributed by atoms with E-state index in [4.69, 9.17) is 4.98 Å². The van der Waals surface area contributed by atoms with E-state index in [9.17, 15) is 4.79 Å².